The van der Waals surface area contributed by atoms with Gasteiger partial charge in [0.05, 0.1) is 19.9 Å². The number of thioether (sulfide) groups is 1. The number of carbonyl (C=O) groups is 2. The van der Waals surface area contributed by atoms with Crippen molar-refractivity contribution >= 4 is 23.6 Å². The number of nitrogens with one attached hydrogen (secondary N) is 2. The van der Waals surface area contributed by atoms with Crippen LogP contribution in [0.5, 0.6) is 11.5 Å². The molecule has 1 aromatic heterocycles. The van der Waals surface area contributed by atoms with Gasteiger partial charge in [0, 0.05) is 0 Å². The number of hydrogen-bond donors (Lipinski definition) is 2. The third-order valence-corrected chi connectivity index (χ3v) is 4.35. The van der Waals surface area contributed by atoms with Gasteiger partial charge in [-0.1, -0.05) is 12.1 Å². The van der Waals surface area contributed by atoms with Gasteiger partial charge in [0.15, 0.2) is 17.3 Å². The minimum atomic E-state index is -0.638. The lowest BCUT2D eigenvalue weighted by Gasteiger charge is -2.18. The second kappa shape index (κ2) is 11.2. The van der Waals surface area contributed by atoms with Crippen molar-refractivity contribution in [2.75, 3.05) is 32.3 Å². The normalized spacial score (nSPS) is 11.5. The number of para-hydroxylation sites is 2. The smallest absolute Gasteiger partial charge is 0.287 e. The predicted molar refractivity (Wildman–Crippen MR) is 104 cm³/mol. The number of benzene rings is 1. The summed E-state index contributed by atoms with van der Waals surface area (Å²) in [5.41, 5.74) is 0. The van der Waals surface area contributed by atoms with E-state index in [0.29, 0.717) is 24.5 Å². The molecule has 0 aliphatic heterocycles. The Morgan fingerprint density at radius 3 is 2.63 bits per heavy atom. The molecule has 27 heavy (non-hydrogen) atoms. The van der Waals surface area contributed by atoms with Crippen molar-refractivity contribution in [2.24, 2.45) is 0 Å². The Morgan fingerprint density at radius 1 is 1.19 bits per heavy atom. The molecule has 7 nitrogen and oxygen atoms in total. The number of furan rings is 1. The summed E-state index contributed by atoms with van der Waals surface area (Å²) in [4.78, 5) is 24.6. The van der Waals surface area contributed by atoms with Gasteiger partial charge in [0.2, 0.25) is 5.91 Å². The van der Waals surface area contributed by atoms with E-state index in [9.17, 15) is 9.59 Å². The van der Waals surface area contributed by atoms with Crippen LogP contribution in [0.15, 0.2) is 47.1 Å². The molecule has 2 N–H and O–H groups in total. The monoisotopic (exact) mass is 392 g/mol. The minimum Gasteiger partial charge on any atom is -0.493 e. The second-order valence-corrected chi connectivity index (χ2v) is 6.56. The van der Waals surface area contributed by atoms with E-state index in [-0.39, 0.29) is 18.3 Å². The van der Waals surface area contributed by atoms with Crippen LogP contribution in [0.2, 0.25) is 0 Å². The molecule has 2 rings (SSSR count). The van der Waals surface area contributed by atoms with Crippen LogP contribution in [0.3, 0.4) is 0 Å². The summed E-state index contributed by atoms with van der Waals surface area (Å²) >= 11 is 1.61. The molecule has 0 fully saturated rings. The Balaban J connectivity index is 1.83. The highest BCUT2D eigenvalue weighted by Gasteiger charge is 2.22. The molecular weight excluding hydrogens is 368 g/mol. The molecule has 1 aromatic carbocycles. The maximum atomic E-state index is 12.4. The van der Waals surface area contributed by atoms with E-state index in [2.05, 4.69) is 10.6 Å². The molecule has 8 heteroatoms. The van der Waals surface area contributed by atoms with Gasteiger partial charge in [-0.3, -0.25) is 9.59 Å². The fourth-order valence-electron chi connectivity index (χ4n) is 2.34. The molecule has 0 bridgehead atoms. The summed E-state index contributed by atoms with van der Waals surface area (Å²) in [6.07, 6.45) is 3.89. The van der Waals surface area contributed by atoms with E-state index >= 15 is 0 Å². The minimum absolute atomic E-state index is 0.177. The third-order valence-electron chi connectivity index (χ3n) is 3.71. The highest BCUT2D eigenvalue weighted by Crippen LogP contribution is 2.25. The van der Waals surface area contributed by atoms with Crippen molar-refractivity contribution < 1.29 is 23.5 Å². The van der Waals surface area contributed by atoms with Gasteiger partial charge in [-0.2, -0.15) is 11.8 Å². The van der Waals surface area contributed by atoms with Gasteiger partial charge in [-0.25, -0.2) is 0 Å². The predicted octanol–water partition coefficient (Wildman–Crippen LogP) is 2.33. The van der Waals surface area contributed by atoms with Gasteiger partial charge in [-0.05, 0) is 42.7 Å². The average Bonchev–Trinajstić information content (AvgIpc) is 3.23. The van der Waals surface area contributed by atoms with Crippen molar-refractivity contribution in [3.05, 3.63) is 48.4 Å². The van der Waals surface area contributed by atoms with Gasteiger partial charge < -0.3 is 24.5 Å². The summed E-state index contributed by atoms with van der Waals surface area (Å²) < 4.78 is 15.9. The first-order chi connectivity index (χ1) is 13.2. The van der Waals surface area contributed by atoms with E-state index in [1.165, 1.54) is 6.26 Å². The molecule has 0 aliphatic carbocycles. The number of ether oxygens (including phenoxy) is 2. The Hall–Kier alpha value is -2.61. The fourth-order valence-corrected chi connectivity index (χ4v) is 2.81. The summed E-state index contributed by atoms with van der Waals surface area (Å²) in [5.74, 6) is 1.50. The molecule has 0 saturated carbocycles. The van der Waals surface area contributed by atoms with Gasteiger partial charge >= 0.3 is 0 Å². The van der Waals surface area contributed by atoms with Crippen LogP contribution in [0.25, 0.3) is 0 Å². The van der Waals surface area contributed by atoms with Crippen LogP contribution in [-0.4, -0.2) is 50.1 Å². The Kier molecular flexibility index (Phi) is 8.57. The van der Waals surface area contributed by atoms with Gasteiger partial charge in [-0.15, -0.1) is 0 Å². The molecular formula is C19H24N2O5S. The van der Waals surface area contributed by atoms with Gasteiger partial charge in [0.25, 0.3) is 5.91 Å². The van der Waals surface area contributed by atoms with Crippen LogP contribution in [0.1, 0.15) is 17.0 Å². The van der Waals surface area contributed by atoms with E-state index in [1.807, 2.05) is 18.4 Å². The first-order valence-corrected chi connectivity index (χ1v) is 9.92. The van der Waals surface area contributed by atoms with E-state index in [0.717, 1.165) is 5.75 Å². The third kappa shape index (κ3) is 6.56. The first-order valence-electron chi connectivity index (χ1n) is 8.52. The quantitative estimate of drug-likeness (QED) is 0.571. The zero-order valence-electron chi connectivity index (χ0n) is 15.4. The Labute approximate surface area is 162 Å². The molecule has 2 aromatic rings. The molecule has 0 aliphatic rings. The van der Waals surface area contributed by atoms with Crippen molar-refractivity contribution in [2.45, 2.75) is 12.5 Å². The van der Waals surface area contributed by atoms with E-state index in [4.69, 9.17) is 13.9 Å². The van der Waals surface area contributed by atoms with Crippen molar-refractivity contribution in [1.29, 1.82) is 0 Å². The summed E-state index contributed by atoms with van der Waals surface area (Å²) in [5, 5.41) is 5.50. The summed E-state index contributed by atoms with van der Waals surface area (Å²) in [6.45, 7) is 0.594. The van der Waals surface area contributed by atoms with Crippen LogP contribution >= 0.6 is 11.8 Å². The van der Waals surface area contributed by atoms with Crippen LogP contribution < -0.4 is 20.1 Å². The lowest BCUT2D eigenvalue weighted by molar-refractivity contribution is -0.123. The fraction of sp³-hybridized carbons (Fsp3) is 0.368. The highest BCUT2D eigenvalue weighted by molar-refractivity contribution is 7.98. The largest absolute Gasteiger partial charge is 0.493 e. The van der Waals surface area contributed by atoms with Crippen molar-refractivity contribution in [1.82, 2.24) is 10.6 Å². The maximum Gasteiger partial charge on any atom is 0.287 e. The first kappa shape index (κ1) is 20.7. The number of rotatable bonds is 11. The molecule has 1 unspecified atom stereocenters. The number of amides is 2. The van der Waals surface area contributed by atoms with Crippen molar-refractivity contribution in [3.8, 4) is 11.5 Å². The van der Waals surface area contributed by atoms with Crippen LogP contribution in [0, 0.1) is 0 Å². The van der Waals surface area contributed by atoms with Gasteiger partial charge in [0.1, 0.15) is 12.6 Å². The standard InChI is InChI=1S/C19H24N2O5S/c1-24-15-6-3-4-7-16(15)26-12-10-20-18(22)14(9-13-27-2)21-19(23)17-8-5-11-25-17/h3-8,11,14H,9-10,12-13H2,1-2H3,(H,20,22)(H,21,23). The van der Waals surface area contributed by atoms with E-state index < -0.39 is 11.9 Å². The summed E-state index contributed by atoms with van der Waals surface area (Å²) in [7, 11) is 1.57. The zero-order chi connectivity index (χ0) is 19.5. The molecule has 146 valence electrons. The number of hydrogen-bond acceptors (Lipinski definition) is 6. The zero-order valence-corrected chi connectivity index (χ0v) is 16.2. The Bertz CT molecular complexity index is 721. The number of carbonyl (C=O) groups excluding carboxylic acids is 2. The molecule has 0 saturated heterocycles. The number of methoxy groups -OCH3 is 1. The highest BCUT2D eigenvalue weighted by atomic mass is 32.2. The van der Waals surface area contributed by atoms with Crippen LogP contribution in [-0.2, 0) is 4.79 Å². The summed E-state index contributed by atoms with van der Waals surface area (Å²) in [6, 6.07) is 9.84. The van der Waals surface area contributed by atoms with Crippen molar-refractivity contribution in [3.63, 3.8) is 0 Å². The maximum absolute atomic E-state index is 12.4. The lowest BCUT2D eigenvalue weighted by atomic mass is 10.2. The average molecular weight is 392 g/mol. The Morgan fingerprint density at radius 2 is 1.96 bits per heavy atom. The molecule has 1 heterocycles. The topological polar surface area (TPSA) is 89.8 Å². The van der Waals surface area contributed by atoms with Crippen LogP contribution in [0.4, 0.5) is 0 Å². The molecule has 0 radical (unpaired) electrons. The van der Waals surface area contributed by atoms with E-state index in [1.54, 1.807) is 43.1 Å². The molecule has 0 spiro atoms. The lowest BCUT2D eigenvalue weighted by Crippen LogP contribution is -2.47. The molecule has 2 amide bonds. The SMILES string of the molecule is COc1ccccc1OCCNC(=O)C(CCSC)NC(=O)c1ccco1. The molecule has 1 atom stereocenters. The second-order valence-electron chi connectivity index (χ2n) is 5.58.